The van der Waals surface area contributed by atoms with E-state index in [1.807, 2.05) is 20.8 Å². The summed E-state index contributed by atoms with van der Waals surface area (Å²) >= 11 is 0. The Bertz CT molecular complexity index is 1950. The molecule has 0 radical (unpaired) electrons. The van der Waals surface area contributed by atoms with Gasteiger partial charge in [0, 0.05) is 42.8 Å². The van der Waals surface area contributed by atoms with Gasteiger partial charge >= 0.3 is 12.2 Å². The summed E-state index contributed by atoms with van der Waals surface area (Å²) in [6.45, 7) is 13.3. The highest BCUT2D eigenvalue weighted by molar-refractivity contribution is 7.91. The SMILES string of the molecule is CCC(=O)C1C(=O)c2ccc(S(=O)(=O)c3ccc4c(c3)C(=O)C(C(=O)[C@H](C)N(C)C(=O)OC(C)(C)C)C4=O)cc2C1=O.CNC(=O)OC(C)(C)C. The van der Waals surface area contributed by atoms with Gasteiger partial charge in [-0.15, -0.1) is 0 Å². The summed E-state index contributed by atoms with van der Waals surface area (Å²) in [5, 5.41) is 2.36. The molecular weight excluding hydrogens is 684 g/mol. The van der Waals surface area contributed by atoms with Gasteiger partial charge in [-0.05, 0) is 84.9 Å². The molecule has 0 saturated heterocycles. The molecular formula is C36H42N2O12S. The number of ketones is 6. The quantitative estimate of drug-likeness (QED) is 0.393. The third-order valence-corrected chi connectivity index (χ3v) is 9.69. The number of hydrogen-bond donors (Lipinski definition) is 1. The molecule has 15 heteroatoms. The van der Waals surface area contributed by atoms with Crippen molar-refractivity contribution in [2.45, 2.75) is 88.8 Å². The molecule has 2 aliphatic rings. The topological polar surface area (TPSA) is 204 Å². The van der Waals surface area contributed by atoms with Gasteiger partial charge in [-0.25, -0.2) is 18.0 Å². The first kappa shape index (κ1) is 40.4. The summed E-state index contributed by atoms with van der Waals surface area (Å²) in [5.41, 5.74) is -1.88. The number of nitrogens with one attached hydrogen (secondary N) is 1. The average Bonchev–Trinajstić information content (AvgIpc) is 3.44. The van der Waals surface area contributed by atoms with Crippen molar-refractivity contribution in [1.29, 1.82) is 0 Å². The van der Waals surface area contributed by atoms with Gasteiger partial charge < -0.3 is 19.7 Å². The lowest BCUT2D eigenvalue weighted by Gasteiger charge is -2.28. The highest BCUT2D eigenvalue weighted by Gasteiger charge is 2.47. The molecule has 2 aliphatic carbocycles. The van der Waals surface area contributed by atoms with Crippen LogP contribution in [0.4, 0.5) is 9.59 Å². The Morgan fingerprint density at radius 1 is 0.745 bits per heavy atom. The van der Waals surface area contributed by atoms with Crippen LogP contribution in [0.5, 0.6) is 0 Å². The molecule has 2 amide bonds. The van der Waals surface area contributed by atoms with Crippen molar-refractivity contribution in [1.82, 2.24) is 10.2 Å². The van der Waals surface area contributed by atoms with E-state index in [0.717, 1.165) is 35.2 Å². The van der Waals surface area contributed by atoms with Gasteiger partial charge in [0.05, 0.1) is 15.8 Å². The van der Waals surface area contributed by atoms with E-state index in [-0.39, 0.29) is 50.2 Å². The van der Waals surface area contributed by atoms with E-state index < -0.39 is 74.1 Å². The third-order valence-electron chi connectivity index (χ3n) is 7.95. The number of carbonyl (C=O) groups is 8. The third kappa shape index (κ3) is 8.47. The lowest BCUT2D eigenvalue weighted by molar-refractivity contribution is -0.124. The van der Waals surface area contributed by atoms with Gasteiger partial charge in [0.1, 0.15) is 23.0 Å². The Balaban J connectivity index is 0.000000688. The minimum absolute atomic E-state index is 0.0390. The molecule has 0 fully saturated rings. The fraction of sp³-hybridized carbons (Fsp3) is 0.444. The maximum Gasteiger partial charge on any atom is 0.410 e. The Hall–Kier alpha value is -5.05. The van der Waals surface area contributed by atoms with Crippen LogP contribution >= 0.6 is 0 Å². The summed E-state index contributed by atoms with van der Waals surface area (Å²) in [7, 11) is -1.53. The standard InChI is InChI=1S/C30H29NO10S.C6H13NO2/c1-7-21(32)22-25(34)17-10-8-15(12-19(17)27(22)36)42(39,40)16-9-11-18-20(13-16)28(37)23(26(18)35)24(33)14(2)31(6)29(38)41-30(3,4)5;1-6(2,3)9-5(8)7-4/h8-14,22-23H,7H2,1-6H3;1-4H3,(H,7,8)/t14-,22?,23?;/m0./s1. The zero-order valence-electron chi connectivity index (χ0n) is 30.2. The van der Waals surface area contributed by atoms with Crippen LogP contribution in [0.15, 0.2) is 46.2 Å². The molecule has 0 aliphatic heterocycles. The van der Waals surface area contributed by atoms with Crippen molar-refractivity contribution in [3.8, 4) is 0 Å². The normalized spacial score (nSPS) is 17.5. The average molecular weight is 727 g/mol. The number of amides is 2. The monoisotopic (exact) mass is 726 g/mol. The van der Waals surface area contributed by atoms with Crippen molar-refractivity contribution in [3.63, 3.8) is 0 Å². The molecule has 0 bridgehead atoms. The Morgan fingerprint density at radius 2 is 1.16 bits per heavy atom. The van der Waals surface area contributed by atoms with Crippen LogP contribution in [0.3, 0.4) is 0 Å². The first-order valence-electron chi connectivity index (χ1n) is 16.0. The number of likely N-dealkylation sites (N-methyl/N-ethyl adjacent to an activating group) is 1. The molecule has 2 unspecified atom stereocenters. The Kier molecular flexibility index (Phi) is 11.6. The number of benzene rings is 2. The number of Topliss-reactive ketones (excluding diaryl/α,β-unsaturated/α-hetero) is 6. The fourth-order valence-corrected chi connectivity index (χ4v) is 6.54. The largest absolute Gasteiger partial charge is 0.444 e. The second-order valence-corrected chi connectivity index (χ2v) is 15.9. The minimum Gasteiger partial charge on any atom is -0.444 e. The molecule has 4 rings (SSSR count). The van der Waals surface area contributed by atoms with Crippen LogP contribution in [0.2, 0.25) is 0 Å². The van der Waals surface area contributed by atoms with Crippen LogP contribution < -0.4 is 5.32 Å². The minimum atomic E-state index is -4.37. The number of alkyl carbamates (subject to hydrolysis) is 1. The van der Waals surface area contributed by atoms with Crippen LogP contribution in [-0.4, -0.2) is 91.5 Å². The van der Waals surface area contributed by atoms with Crippen molar-refractivity contribution in [3.05, 3.63) is 58.7 Å². The molecule has 0 saturated carbocycles. The number of fused-ring (bicyclic) bond motifs is 2. The van der Waals surface area contributed by atoms with E-state index in [2.05, 4.69) is 5.32 Å². The smallest absolute Gasteiger partial charge is 0.410 e. The maximum absolute atomic E-state index is 13.5. The van der Waals surface area contributed by atoms with Crippen molar-refractivity contribution in [2.75, 3.05) is 14.1 Å². The van der Waals surface area contributed by atoms with Gasteiger partial charge in [-0.2, -0.15) is 0 Å². The molecule has 274 valence electrons. The molecule has 2 aromatic carbocycles. The fourth-order valence-electron chi connectivity index (χ4n) is 5.22. The summed E-state index contributed by atoms with van der Waals surface area (Å²) in [4.78, 5) is 100. The molecule has 0 spiro atoms. The molecule has 0 heterocycles. The summed E-state index contributed by atoms with van der Waals surface area (Å²) < 4.78 is 37.1. The van der Waals surface area contributed by atoms with Crippen LogP contribution in [-0.2, 0) is 28.9 Å². The summed E-state index contributed by atoms with van der Waals surface area (Å²) in [6, 6.07) is 5.34. The highest BCUT2D eigenvalue weighted by Crippen LogP contribution is 2.35. The Morgan fingerprint density at radius 3 is 1.55 bits per heavy atom. The number of rotatable bonds is 7. The molecule has 2 aromatic rings. The number of hydrogen-bond acceptors (Lipinski definition) is 12. The summed E-state index contributed by atoms with van der Waals surface area (Å²) in [6.07, 6.45) is -1.25. The van der Waals surface area contributed by atoms with Gasteiger partial charge in [0.25, 0.3) is 0 Å². The number of ether oxygens (including phenoxy) is 2. The molecule has 3 atom stereocenters. The van der Waals surface area contributed by atoms with Gasteiger partial charge in [-0.1, -0.05) is 6.92 Å². The van der Waals surface area contributed by atoms with E-state index in [1.165, 1.54) is 34.0 Å². The second kappa shape index (κ2) is 14.7. The van der Waals surface area contributed by atoms with Crippen LogP contribution in [0.1, 0.15) is 103 Å². The zero-order chi connectivity index (χ0) is 39.0. The second-order valence-electron chi connectivity index (χ2n) is 14.0. The maximum atomic E-state index is 13.5. The molecule has 14 nitrogen and oxygen atoms in total. The molecule has 51 heavy (non-hydrogen) atoms. The molecule has 1 N–H and O–H groups in total. The highest BCUT2D eigenvalue weighted by atomic mass is 32.2. The van der Waals surface area contributed by atoms with E-state index >= 15 is 0 Å². The Labute approximate surface area is 296 Å². The molecule has 0 aromatic heterocycles. The van der Waals surface area contributed by atoms with Gasteiger partial charge in [0.2, 0.25) is 9.84 Å². The predicted octanol–water partition coefficient (Wildman–Crippen LogP) is 4.45. The summed E-state index contributed by atoms with van der Waals surface area (Å²) in [5.74, 6) is -7.87. The zero-order valence-corrected chi connectivity index (χ0v) is 31.0. The van der Waals surface area contributed by atoms with E-state index in [9.17, 15) is 46.8 Å². The van der Waals surface area contributed by atoms with Crippen molar-refractivity contribution in [2.24, 2.45) is 11.8 Å². The van der Waals surface area contributed by atoms with E-state index in [4.69, 9.17) is 9.47 Å². The van der Waals surface area contributed by atoms with Crippen molar-refractivity contribution < 1.29 is 56.2 Å². The van der Waals surface area contributed by atoms with Crippen molar-refractivity contribution >= 4 is 56.7 Å². The number of sulfone groups is 1. The first-order valence-corrected chi connectivity index (χ1v) is 17.5. The van der Waals surface area contributed by atoms with E-state index in [0.29, 0.717) is 0 Å². The predicted molar refractivity (Wildman–Crippen MR) is 182 cm³/mol. The van der Waals surface area contributed by atoms with Crippen LogP contribution in [0, 0.1) is 11.8 Å². The lowest BCUT2D eigenvalue weighted by atomic mass is 9.93. The van der Waals surface area contributed by atoms with Crippen LogP contribution in [0.25, 0.3) is 0 Å². The lowest BCUT2D eigenvalue weighted by Crippen LogP contribution is -2.47. The van der Waals surface area contributed by atoms with Gasteiger partial charge in [0.15, 0.2) is 34.7 Å². The van der Waals surface area contributed by atoms with Gasteiger partial charge in [-0.3, -0.25) is 28.8 Å². The van der Waals surface area contributed by atoms with E-state index in [1.54, 1.807) is 20.8 Å². The number of carbonyl (C=O) groups excluding carboxylic acids is 8. The first-order chi connectivity index (χ1) is 23.4. The number of nitrogens with zero attached hydrogens (tertiary/aromatic N) is 1.